The van der Waals surface area contributed by atoms with Crippen LogP contribution in [0, 0.1) is 11.8 Å². The van der Waals surface area contributed by atoms with Gasteiger partial charge in [-0.25, -0.2) is 0 Å². The predicted molar refractivity (Wildman–Crippen MR) is 60.6 cm³/mol. The van der Waals surface area contributed by atoms with Crippen molar-refractivity contribution in [3.8, 4) is 0 Å². The highest BCUT2D eigenvalue weighted by molar-refractivity contribution is 4.73. The fourth-order valence-corrected chi connectivity index (χ4v) is 2.39. The van der Waals surface area contributed by atoms with Crippen LogP contribution in [0.4, 0.5) is 13.2 Å². The molecule has 1 aliphatic rings. The molecule has 0 amide bonds. The molecule has 2 nitrogen and oxygen atoms in total. The molecule has 0 atom stereocenters. The van der Waals surface area contributed by atoms with Crippen LogP contribution >= 0.6 is 0 Å². The van der Waals surface area contributed by atoms with Gasteiger partial charge in [0.05, 0.1) is 6.61 Å². The first kappa shape index (κ1) is 14.8. The van der Waals surface area contributed by atoms with E-state index < -0.39 is 6.36 Å². The second kappa shape index (κ2) is 7.21. The molecule has 0 aliphatic heterocycles. The molecular formula is C12H22F3NO. The molecule has 0 aromatic heterocycles. The van der Waals surface area contributed by atoms with Crippen molar-refractivity contribution in [2.45, 2.75) is 45.4 Å². The molecule has 0 heterocycles. The molecule has 1 fully saturated rings. The number of hydrogen-bond donors (Lipinski definition) is 1. The fourth-order valence-electron chi connectivity index (χ4n) is 2.39. The third-order valence-electron chi connectivity index (χ3n) is 3.52. The van der Waals surface area contributed by atoms with Gasteiger partial charge in [-0.05, 0) is 31.2 Å². The minimum atomic E-state index is -4.50. The zero-order chi connectivity index (χ0) is 12.7. The zero-order valence-electron chi connectivity index (χ0n) is 10.4. The van der Waals surface area contributed by atoms with Crippen molar-refractivity contribution in [1.82, 2.24) is 5.32 Å². The van der Waals surface area contributed by atoms with Crippen LogP contribution < -0.4 is 5.32 Å². The van der Waals surface area contributed by atoms with Crippen LogP contribution in [-0.4, -0.2) is 26.1 Å². The Bertz CT molecular complexity index is 200. The highest BCUT2D eigenvalue weighted by Crippen LogP contribution is 2.29. The van der Waals surface area contributed by atoms with Crippen LogP contribution in [-0.2, 0) is 4.74 Å². The second-order valence-electron chi connectivity index (χ2n) is 4.79. The number of ether oxygens (including phenoxy) is 1. The van der Waals surface area contributed by atoms with Gasteiger partial charge < -0.3 is 5.32 Å². The average molecular weight is 253 g/mol. The van der Waals surface area contributed by atoms with E-state index in [4.69, 9.17) is 0 Å². The van der Waals surface area contributed by atoms with Gasteiger partial charge in [0.25, 0.3) is 0 Å². The largest absolute Gasteiger partial charge is 0.522 e. The summed E-state index contributed by atoms with van der Waals surface area (Å²) in [5, 5.41) is 3.04. The van der Waals surface area contributed by atoms with Crippen LogP contribution in [0.1, 0.15) is 39.0 Å². The van der Waals surface area contributed by atoms with Gasteiger partial charge in [-0.15, -0.1) is 13.2 Å². The van der Waals surface area contributed by atoms with E-state index in [9.17, 15) is 13.2 Å². The van der Waals surface area contributed by atoms with Crippen molar-refractivity contribution in [3.63, 3.8) is 0 Å². The monoisotopic (exact) mass is 253 g/mol. The summed E-state index contributed by atoms with van der Waals surface area (Å²) in [7, 11) is 0. The minimum absolute atomic E-state index is 0.271. The van der Waals surface area contributed by atoms with Gasteiger partial charge in [-0.2, -0.15) is 0 Å². The maximum atomic E-state index is 11.7. The summed E-state index contributed by atoms with van der Waals surface area (Å²) in [6, 6.07) is 0. The van der Waals surface area contributed by atoms with Crippen molar-refractivity contribution in [3.05, 3.63) is 0 Å². The first-order valence-electron chi connectivity index (χ1n) is 6.42. The van der Waals surface area contributed by atoms with Crippen LogP contribution in [0.25, 0.3) is 0 Å². The van der Waals surface area contributed by atoms with Crippen molar-refractivity contribution < 1.29 is 17.9 Å². The molecule has 1 aliphatic carbocycles. The number of hydrogen-bond acceptors (Lipinski definition) is 2. The van der Waals surface area contributed by atoms with Crippen molar-refractivity contribution in [2.24, 2.45) is 11.8 Å². The summed E-state index contributed by atoms with van der Waals surface area (Å²) in [6.07, 6.45) is 1.68. The van der Waals surface area contributed by atoms with Crippen LogP contribution in [0.15, 0.2) is 0 Å². The van der Waals surface area contributed by atoms with Gasteiger partial charge in [0.2, 0.25) is 0 Å². The summed E-state index contributed by atoms with van der Waals surface area (Å²) >= 11 is 0. The lowest BCUT2D eigenvalue weighted by molar-refractivity contribution is -0.323. The summed E-state index contributed by atoms with van der Waals surface area (Å²) in [4.78, 5) is 0. The van der Waals surface area contributed by atoms with E-state index in [0.717, 1.165) is 12.5 Å². The average Bonchev–Trinajstić information content (AvgIpc) is 2.28. The van der Waals surface area contributed by atoms with Gasteiger partial charge >= 0.3 is 6.36 Å². The molecule has 102 valence electrons. The van der Waals surface area contributed by atoms with E-state index in [1.165, 1.54) is 32.1 Å². The maximum Gasteiger partial charge on any atom is 0.522 e. The quantitative estimate of drug-likeness (QED) is 0.733. The lowest BCUT2D eigenvalue weighted by Crippen LogP contribution is -2.30. The third-order valence-corrected chi connectivity index (χ3v) is 3.52. The Kier molecular flexibility index (Phi) is 6.27. The molecule has 1 rings (SSSR count). The maximum absolute atomic E-state index is 11.7. The van der Waals surface area contributed by atoms with Gasteiger partial charge in [0.15, 0.2) is 0 Å². The Morgan fingerprint density at radius 1 is 1.12 bits per heavy atom. The molecule has 0 spiro atoms. The first-order chi connectivity index (χ1) is 8.01. The van der Waals surface area contributed by atoms with E-state index in [-0.39, 0.29) is 13.2 Å². The molecule has 1 N–H and O–H groups in total. The van der Waals surface area contributed by atoms with Gasteiger partial charge in [0, 0.05) is 6.54 Å². The van der Waals surface area contributed by atoms with E-state index >= 15 is 0 Å². The lowest BCUT2D eigenvalue weighted by Gasteiger charge is -2.27. The standard InChI is InChI=1S/C12H22F3NO/c1-2-10-3-5-11(6-4-10)9-16-7-8-17-12(13,14)15/h10-11,16H,2-9H2,1H3. The highest BCUT2D eigenvalue weighted by Gasteiger charge is 2.28. The molecular weight excluding hydrogens is 231 g/mol. The number of rotatable bonds is 6. The number of nitrogens with one attached hydrogen (secondary N) is 1. The van der Waals surface area contributed by atoms with Crippen molar-refractivity contribution in [2.75, 3.05) is 19.7 Å². The predicted octanol–water partition coefficient (Wildman–Crippen LogP) is 3.33. The Morgan fingerprint density at radius 2 is 1.71 bits per heavy atom. The Morgan fingerprint density at radius 3 is 2.24 bits per heavy atom. The first-order valence-corrected chi connectivity index (χ1v) is 6.42. The van der Waals surface area contributed by atoms with Crippen LogP contribution in [0.5, 0.6) is 0 Å². The summed E-state index contributed by atoms with van der Waals surface area (Å²) in [5.41, 5.74) is 0. The Hall–Kier alpha value is -0.290. The summed E-state index contributed by atoms with van der Waals surface area (Å²) in [6.45, 7) is 3.01. The summed E-state index contributed by atoms with van der Waals surface area (Å²) in [5.74, 6) is 1.49. The fraction of sp³-hybridized carbons (Fsp3) is 1.00. The van der Waals surface area contributed by atoms with Gasteiger partial charge in [-0.3, -0.25) is 4.74 Å². The molecule has 17 heavy (non-hydrogen) atoms. The Labute approximate surface area is 101 Å². The van der Waals surface area contributed by atoms with Gasteiger partial charge in [-0.1, -0.05) is 26.2 Å². The molecule has 0 saturated heterocycles. The lowest BCUT2D eigenvalue weighted by atomic mass is 9.81. The second-order valence-corrected chi connectivity index (χ2v) is 4.79. The van der Waals surface area contributed by atoms with Crippen LogP contribution in [0.3, 0.4) is 0 Å². The van der Waals surface area contributed by atoms with Crippen molar-refractivity contribution >= 4 is 0 Å². The van der Waals surface area contributed by atoms with E-state index in [1.54, 1.807) is 0 Å². The van der Waals surface area contributed by atoms with Gasteiger partial charge in [0.1, 0.15) is 0 Å². The molecule has 0 bridgehead atoms. The smallest absolute Gasteiger partial charge is 0.314 e. The molecule has 0 radical (unpaired) electrons. The molecule has 5 heteroatoms. The topological polar surface area (TPSA) is 21.3 Å². The Balaban J connectivity index is 1.97. The number of halogens is 3. The van der Waals surface area contributed by atoms with E-state index in [1.807, 2.05) is 0 Å². The highest BCUT2D eigenvalue weighted by atomic mass is 19.4. The zero-order valence-corrected chi connectivity index (χ0v) is 10.4. The molecule has 0 aromatic carbocycles. The SMILES string of the molecule is CCC1CCC(CNCCOC(F)(F)F)CC1. The molecule has 1 saturated carbocycles. The number of alkyl halides is 3. The van der Waals surface area contributed by atoms with E-state index in [0.29, 0.717) is 5.92 Å². The van der Waals surface area contributed by atoms with Crippen LogP contribution in [0.2, 0.25) is 0 Å². The van der Waals surface area contributed by atoms with E-state index in [2.05, 4.69) is 17.0 Å². The third kappa shape index (κ3) is 6.88. The minimum Gasteiger partial charge on any atom is -0.314 e. The normalized spacial score (nSPS) is 26.1. The molecule has 0 unspecified atom stereocenters. The molecule has 0 aromatic rings. The summed E-state index contributed by atoms with van der Waals surface area (Å²) < 4.78 is 38.7. The van der Waals surface area contributed by atoms with Crippen molar-refractivity contribution in [1.29, 1.82) is 0 Å².